The highest BCUT2D eigenvalue weighted by atomic mass is 19.1. The van der Waals surface area contributed by atoms with Crippen LogP contribution in [0.1, 0.15) is 47.4 Å². The average molecular weight is 413 g/mol. The van der Waals surface area contributed by atoms with E-state index >= 15 is 0 Å². The van der Waals surface area contributed by atoms with E-state index in [0.717, 1.165) is 12.8 Å². The van der Waals surface area contributed by atoms with E-state index in [-0.39, 0.29) is 30.4 Å². The van der Waals surface area contributed by atoms with Gasteiger partial charge in [-0.1, -0.05) is 32.0 Å². The molecule has 1 heterocycles. The van der Waals surface area contributed by atoms with Gasteiger partial charge in [-0.3, -0.25) is 9.59 Å². The van der Waals surface area contributed by atoms with Crippen molar-refractivity contribution in [2.75, 3.05) is 26.7 Å². The largest absolute Gasteiger partial charge is 0.491 e. The number of rotatable bonds is 2. The molecular formula is C24H29FN2O3. The highest BCUT2D eigenvalue weighted by Crippen LogP contribution is 2.24. The Kier molecular flexibility index (Phi) is 7.08. The van der Waals surface area contributed by atoms with Gasteiger partial charge in [-0.25, -0.2) is 4.39 Å². The number of ether oxygens (including phenoxy) is 1. The van der Waals surface area contributed by atoms with E-state index in [2.05, 4.69) is 0 Å². The van der Waals surface area contributed by atoms with Crippen LogP contribution in [0.15, 0.2) is 48.5 Å². The second kappa shape index (κ2) is 9.74. The molecule has 160 valence electrons. The van der Waals surface area contributed by atoms with E-state index in [9.17, 15) is 14.0 Å². The molecule has 0 saturated carbocycles. The lowest BCUT2D eigenvalue weighted by Gasteiger charge is -2.35. The second-order valence-electron chi connectivity index (χ2n) is 8.06. The van der Waals surface area contributed by atoms with Crippen molar-refractivity contribution in [3.8, 4) is 5.75 Å². The molecule has 1 aliphatic heterocycles. The van der Waals surface area contributed by atoms with Crippen LogP contribution in [0.2, 0.25) is 0 Å². The Morgan fingerprint density at radius 3 is 2.57 bits per heavy atom. The molecule has 0 fully saturated rings. The van der Waals surface area contributed by atoms with Crippen molar-refractivity contribution >= 4 is 11.8 Å². The first-order chi connectivity index (χ1) is 14.4. The maximum absolute atomic E-state index is 13.7. The van der Waals surface area contributed by atoms with Crippen molar-refractivity contribution in [2.24, 2.45) is 5.92 Å². The SMILES string of the molecule is CC(C)[C@H]1COc2ccccc2C(=O)N(C)CCCCN1C(=O)c1cccc(F)c1. The number of fused-ring (bicyclic) bond motifs is 1. The van der Waals surface area contributed by atoms with Crippen molar-refractivity contribution < 1.29 is 18.7 Å². The Labute approximate surface area is 177 Å². The lowest BCUT2D eigenvalue weighted by Crippen LogP contribution is -2.47. The average Bonchev–Trinajstić information content (AvgIpc) is 2.73. The zero-order valence-corrected chi connectivity index (χ0v) is 17.8. The van der Waals surface area contributed by atoms with Crippen molar-refractivity contribution in [2.45, 2.75) is 32.7 Å². The van der Waals surface area contributed by atoms with Gasteiger partial charge in [0.1, 0.15) is 18.2 Å². The van der Waals surface area contributed by atoms with Gasteiger partial charge in [0.2, 0.25) is 0 Å². The molecule has 0 spiro atoms. The second-order valence-corrected chi connectivity index (χ2v) is 8.06. The summed E-state index contributed by atoms with van der Waals surface area (Å²) < 4.78 is 19.8. The summed E-state index contributed by atoms with van der Waals surface area (Å²) in [6.07, 6.45) is 1.51. The Morgan fingerprint density at radius 1 is 1.10 bits per heavy atom. The van der Waals surface area contributed by atoms with Gasteiger partial charge in [-0.05, 0) is 49.1 Å². The zero-order chi connectivity index (χ0) is 21.7. The van der Waals surface area contributed by atoms with Crippen LogP contribution < -0.4 is 4.74 Å². The van der Waals surface area contributed by atoms with Crippen molar-refractivity contribution in [1.82, 2.24) is 9.80 Å². The van der Waals surface area contributed by atoms with Crippen molar-refractivity contribution in [3.63, 3.8) is 0 Å². The minimum absolute atomic E-state index is 0.0695. The van der Waals surface area contributed by atoms with Gasteiger partial charge in [0.25, 0.3) is 11.8 Å². The first kappa shape index (κ1) is 21.8. The van der Waals surface area contributed by atoms with Gasteiger partial charge in [-0.15, -0.1) is 0 Å². The monoisotopic (exact) mass is 412 g/mol. The number of hydrogen-bond acceptors (Lipinski definition) is 3. The number of para-hydroxylation sites is 1. The predicted molar refractivity (Wildman–Crippen MR) is 114 cm³/mol. The summed E-state index contributed by atoms with van der Waals surface area (Å²) in [6.45, 7) is 5.44. The van der Waals surface area contributed by atoms with Crippen LogP contribution in [-0.4, -0.2) is 54.4 Å². The first-order valence-corrected chi connectivity index (χ1v) is 10.4. The maximum atomic E-state index is 13.7. The molecule has 3 rings (SSSR count). The number of amides is 2. The Bertz CT molecular complexity index is 900. The van der Waals surface area contributed by atoms with E-state index in [1.165, 1.54) is 12.1 Å². The molecule has 0 bridgehead atoms. The molecule has 6 heteroatoms. The highest BCUT2D eigenvalue weighted by Gasteiger charge is 2.29. The lowest BCUT2D eigenvalue weighted by atomic mass is 10.0. The number of halogens is 1. The first-order valence-electron chi connectivity index (χ1n) is 10.4. The lowest BCUT2D eigenvalue weighted by molar-refractivity contribution is 0.0514. The summed E-state index contributed by atoms with van der Waals surface area (Å²) in [7, 11) is 1.78. The molecule has 0 N–H and O–H groups in total. The number of nitrogens with zero attached hydrogens (tertiary/aromatic N) is 2. The summed E-state index contributed by atoms with van der Waals surface area (Å²) in [6, 6.07) is 12.8. The zero-order valence-electron chi connectivity index (χ0n) is 17.8. The molecule has 1 aliphatic rings. The number of carbonyl (C=O) groups excluding carboxylic acids is 2. The van der Waals surface area contributed by atoms with Crippen LogP contribution in [0.4, 0.5) is 4.39 Å². The fraction of sp³-hybridized carbons (Fsp3) is 0.417. The molecule has 5 nitrogen and oxygen atoms in total. The third-order valence-corrected chi connectivity index (χ3v) is 5.52. The van der Waals surface area contributed by atoms with E-state index < -0.39 is 5.82 Å². The molecule has 0 unspecified atom stereocenters. The fourth-order valence-corrected chi connectivity index (χ4v) is 3.73. The normalized spacial score (nSPS) is 18.3. The quantitative estimate of drug-likeness (QED) is 0.741. The highest BCUT2D eigenvalue weighted by molar-refractivity contribution is 5.97. The molecule has 1 atom stereocenters. The number of benzene rings is 2. The Balaban J connectivity index is 1.94. The molecule has 0 aromatic heterocycles. The molecule has 0 saturated heterocycles. The summed E-state index contributed by atoms with van der Waals surface area (Å²) in [5.74, 6) is -0.0668. The number of carbonyl (C=O) groups is 2. The van der Waals surface area contributed by atoms with Gasteiger partial charge in [0.05, 0.1) is 11.6 Å². The standard InChI is InChI=1S/C24H29FN2O3/c1-17(2)21-16-30-22-12-5-4-11-20(22)24(29)26(3)13-6-7-14-27(21)23(28)18-9-8-10-19(25)15-18/h4-5,8-12,15,17,21H,6-7,13-14,16H2,1-3H3/t21-/m1/s1. The van der Waals surface area contributed by atoms with Crippen LogP contribution in [0.3, 0.4) is 0 Å². The predicted octanol–water partition coefficient (Wildman–Crippen LogP) is 4.24. The smallest absolute Gasteiger partial charge is 0.257 e. The van der Waals surface area contributed by atoms with Crippen LogP contribution in [0.5, 0.6) is 5.75 Å². The van der Waals surface area contributed by atoms with E-state index in [0.29, 0.717) is 30.0 Å². The van der Waals surface area contributed by atoms with Crippen LogP contribution in [-0.2, 0) is 0 Å². The topological polar surface area (TPSA) is 49.9 Å². The Hall–Kier alpha value is -2.89. The minimum Gasteiger partial charge on any atom is -0.491 e. The third kappa shape index (κ3) is 4.99. The van der Waals surface area contributed by atoms with Crippen LogP contribution in [0.25, 0.3) is 0 Å². The van der Waals surface area contributed by atoms with Crippen LogP contribution in [0, 0.1) is 11.7 Å². The Morgan fingerprint density at radius 2 is 1.83 bits per heavy atom. The molecule has 0 aliphatic carbocycles. The maximum Gasteiger partial charge on any atom is 0.257 e. The molecule has 2 amide bonds. The molecule has 0 radical (unpaired) electrons. The molecule has 2 aromatic carbocycles. The summed E-state index contributed by atoms with van der Waals surface area (Å²) >= 11 is 0. The van der Waals surface area contributed by atoms with Crippen LogP contribution >= 0.6 is 0 Å². The molecule has 30 heavy (non-hydrogen) atoms. The summed E-state index contributed by atoms with van der Waals surface area (Å²) in [4.78, 5) is 29.6. The molecular weight excluding hydrogens is 383 g/mol. The van der Waals surface area contributed by atoms with E-state index in [1.807, 2.05) is 26.0 Å². The fourth-order valence-electron chi connectivity index (χ4n) is 3.73. The molecule has 2 aromatic rings. The minimum atomic E-state index is -0.429. The third-order valence-electron chi connectivity index (χ3n) is 5.52. The van der Waals surface area contributed by atoms with Gasteiger partial charge >= 0.3 is 0 Å². The van der Waals surface area contributed by atoms with Gasteiger partial charge in [-0.2, -0.15) is 0 Å². The van der Waals surface area contributed by atoms with Crippen molar-refractivity contribution in [1.29, 1.82) is 0 Å². The number of hydrogen-bond donors (Lipinski definition) is 0. The van der Waals surface area contributed by atoms with E-state index in [4.69, 9.17) is 4.74 Å². The van der Waals surface area contributed by atoms with Gasteiger partial charge < -0.3 is 14.5 Å². The van der Waals surface area contributed by atoms with Crippen molar-refractivity contribution in [3.05, 3.63) is 65.5 Å². The summed E-state index contributed by atoms with van der Waals surface area (Å²) in [5.41, 5.74) is 0.853. The van der Waals surface area contributed by atoms with Gasteiger partial charge in [0.15, 0.2) is 0 Å². The van der Waals surface area contributed by atoms with E-state index in [1.54, 1.807) is 41.1 Å². The van der Waals surface area contributed by atoms with Gasteiger partial charge in [0, 0.05) is 25.7 Å². The summed E-state index contributed by atoms with van der Waals surface area (Å²) in [5, 5.41) is 0.